The summed E-state index contributed by atoms with van der Waals surface area (Å²) < 4.78 is 12.2. The minimum atomic E-state index is -0.378. The quantitative estimate of drug-likeness (QED) is 0.860. The lowest BCUT2D eigenvalue weighted by molar-refractivity contribution is 0.00578. The molecule has 0 bridgehead atoms. The maximum atomic E-state index is 9.72. The molecule has 1 aliphatic heterocycles. The van der Waals surface area contributed by atoms with Crippen LogP contribution in [0.5, 0.6) is 0 Å². The molecule has 1 unspecified atom stereocenters. The van der Waals surface area contributed by atoms with Crippen LogP contribution >= 0.6 is 0 Å². The van der Waals surface area contributed by atoms with Crippen LogP contribution < -0.4 is 5.46 Å². The lowest BCUT2D eigenvalue weighted by Crippen LogP contribution is -2.41. The SMILES string of the molecule is Cc1cccc(B2OC(C)(C)C(C)(C)O2)c1CC(C)O. The Morgan fingerprint density at radius 2 is 1.70 bits per heavy atom. The van der Waals surface area contributed by atoms with Crippen LogP contribution in [0.15, 0.2) is 18.2 Å². The van der Waals surface area contributed by atoms with Crippen molar-refractivity contribution in [3.63, 3.8) is 0 Å². The zero-order chi connectivity index (χ0) is 15.1. The topological polar surface area (TPSA) is 38.7 Å². The van der Waals surface area contributed by atoms with Gasteiger partial charge in [0, 0.05) is 0 Å². The summed E-state index contributed by atoms with van der Waals surface area (Å²) in [6.45, 7) is 12.1. The third kappa shape index (κ3) is 2.78. The zero-order valence-electron chi connectivity index (χ0n) is 13.4. The van der Waals surface area contributed by atoms with E-state index < -0.39 is 0 Å². The Balaban J connectivity index is 2.37. The van der Waals surface area contributed by atoms with E-state index in [9.17, 15) is 5.11 Å². The molecule has 1 fully saturated rings. The average Bonchev–Trinajstić information content (AvgIpc) is 2.50. The van der Waals surface area contributed by atoms with E-state index >= 15 is 0 Å². The monoisotopic (exact) mass is 276 g/mol. The second kappa shape index (κ2) is 5.17. The summed E-state index contributed by atoms with van der Waals surface area (Å²) >= 11 is 0. The molecule has 3 nitrogen and oxygen atoms in total. The summed E-state index contributed by atoms with van der Waals surface area (Å²) in [5.74, 6) is 0. The largest absolute Gasteiger partial charge is 0.495 e. The van der Waals surface area contributed by atoms with Gasteiger partial charge >= 0.3 is 7.12 Å². The molecule has 1 N–H and O–H groups in total. The molecule has 0 saturated carbocycles. The molecule has 0 amide bonds. The highest BCUT2D eigenvalue weighted by atomic mass is 16.7. The first kappa shape index (κ1) is 15.6. The fourth-order valence-corrected chi connectivity index (χ4v) is 2.49. The van der Waals surface area contributed by atoms with Crippen molar-refractivity contribution in [3.8, 4) is 0 Å². The molecule has 110 valence electrons. The van der Waals surface area contributed by atoms with Crippen LogP contribution in [0.4, 0.5) is 0 Å². The maximum absolute atomic E-state index is 9.72. The molecule has 1 aromatic rings. The highest BCUT2D eigenvalue weighted by molar-refractivity contribution is 6.62. The standard InChI is InChI=1S/C16H25BO3/c1-11-8-7-9-14(13(11)10-12(2)18)17-19-15(3,4)16(5,6)20-17/h7-9,12,18H,10H2,1-6H3. The Labute approximate surface area is 122 Å². The van der Waals surface area contributed by atoms with Crippen molar-refractivity contribution in [2.45, 2.75) is 65.3 Å². The Morgan fingerprint density at radius 3 is 2.20 bits per heavy atom. The normalized spacial score (nSPS) is 22.1. The van der Waals surface area contributed by atoms with E-state index in [1.165, 1.54) is 0 Å². The van der Waals surface area contributed by atoms with E-state index in [0.29, 0.717) is 6.42 Å². The van der Waals surface area contributed by atoms with Crippen LogP contribution in [0.1, 0.15) is 45.7 Å². The van der Waals surface area contributed by atoms with Gasteiger partial charge in [-0.05, 0) is 64.6 Å². The van der Waals surface area contributed by atoms with Crippen molar-refractivity contribution in [1.29, 1.82) is 0 Å². The molecular formula is C16H25BO3. The van der Waals surface area contributed by atoms with Gasteiger partial charge in [-0.2, -0.15) is 0 Å². The summed E-state index contributed by atoms with van der Waals surface area (Å²) in [6, 6.07) is 6.11. The van der Waals surface area contributed by atoms with E-state index in [0.717, 1.165) is 16.6 Å². The number of aliphatic hydroxyl groups excluding tert-OH is 1. The van der Waals surface area contributed by atoms with Gasteiger partial charge in [0.25, 0.3) is 0 Å². The summed E-state index contributed by atoms with van der Waals surface area (Å²) in [7, 11) is -0.367. The van der Waals surface area contributed by atoms with Crippen molar-refractivity contribution in [3.05, 3.63) is 29.3 Å². The molecule has 1 saturated heterocycles. The van der Waals surface area contributed by atoms with Gasteiger partial charge in [-0.15, -0.1) is 0 Å². The van der Waals surface area contributed by atoms with Gasteiger partial charge in [-0.1, -0.05) is 18.2 Å². The van der Waals surface area contributed by atoms with Gasteiger partial charge in [0.15, 0.2) is 0 Å². The second-order valence-electron chi connectivity index (χ2n) is 6.78. The zero-order valence-corrected chi connectivity index (χ0v) is 13.4. The lowest BCUT2D eigenvalue weighted by atomic mass is 9.73. The molecule has 20 heavy (non-hydrogen) atoms. The van der Waals surface area contributed by atoms with Crippen molar-refractivity contribution < 1.29 is 14.4 Å². The van der Waals surface area contributed by atoms with Gasteiger partial charge < -0.3 is 14.4 Å². The lowest BCUT2D eigenvalue weighted by Gasteiger charge is -2.32. The molecule has 1 heterocycles. The molecule has 1 atom stereocenters. The van der Waals surface area contributed by atoms with Crippen molar-refractivity contribution in [2.75, 3.05) is 0 Å². The van der Waals surface area contributed by atoms with Crippen LogP contribution in [-0.4, -0.2) is 29.5 Å². The molecule has 4 heteroatoms. The fraction of sp³-hybridized carbons (Fsp3) is 0.625. The van der Waals surface area contributed by atoms with Gasteiger partial charge in [0.05, 0.1) is 17.3 Å². The molecule has 0 aliphatic carbocycles. The molecule has 0 spiro atoms. The smallest absolute Gasteiger partial charge is 0.399 e. The summed E-state index contributed by atoms with van der Waals surface area (Å²) in [5.41, 5.74) is 2.64. The van der Waals surface area contributed by atoms with E-state index in [2.05, 4.69) is 40.7 Å². The molecule has 0 aromatic heterocycles. The molecule has 1 aliphatic rings. The van der Waals surface area contributed by atoms with E-state index in [1.807, 2.05) is 12.1 Å². The minimum absolute atomic E-state index is 0.344. The molecular weight excluding hydrogens is 251 g/mol. The van der Waals surface area contributed by atoms with Crippen LogP contribution in [0, 0.1) is 6.92 Å². The first-order valence-electron chi connectivity index (χ1n) is 7.26. The van der Waals surface area contributed by atoms with Gasteiger partial charge in [0.1, 0.15) is 0 Å². The van der Waals surface area contributed by atoms with E-state index in [1.54, 1.807) is 6.92 Å². The number of hydrogen-bond donors (Lipinski definition) is 1. The predicted molar refractivity (Wildman–Crippen MR) is 82.3 cm³/mol. The van der Waals surface area contributed by atoms with Crippen LogP contribution in [-0.2, 0) is 15.7 Å². The Bertz CT molecular complexity index is 478. The number of aryl methyl sites for hydroxylation is 1. The predicted octanol–water partition coefficient (Wildman–Crippen LogP) is 2.22. The number of rotatable bonds is 3. The highest BCUT2D eigenvalue weighted by Crippen LogP contribution is 2.36. The molecule has 2 rings (SSSR count). The highest BCUT2D eigenvalue weighted by Gasteiger charge is 2.52. The summed E-state index contributed by atoms with van der Waals surface area (Å²) in [6.07, 6.45) is 0.240. The minimum Gasteiger partial charge on any atom is -0.399 e. The molecule has 1 aromatic carbocycles. The Kier molecular flexibility index (Phi) is 4.02. The van der Waals surface area contributed by atoms with Gasteiger partial charge in [0.2, 0.25) is 0 Å². The van der Waals surface area contributed by atoms with E-state index in [4.69, 9.17) is 9.31 Å². The van der Waals surface area contributed by atoms with Crippen molar-refractivity contribution in [2.24, 2.45) is 0 Å². The van der Waals surface area contributed by atoms with Crippen LogP contribution in [0.25, 0.3) is 0 Å². The Morgan fingerprint density at radius 1 is 1.15 bits per heavy atom. The van der Waals surface area contributed by atoms with Crippen molar-refractivity contribution >= 4 is 12.6 Å². The number of hydrogen-bond acceptors (Lipinski definition) is 3. The number of aliphatic hydroxyl groups is 1. The van der Waals surface area contributed by atoms with Gasteiger partial charge in [-0.3, -0.25) is 0 Å². The van der Waals surface area contributed by atoms with E-state index in [-0.39, 0.29) is 24.4 Å². The average molecular weight is 276 g/mol. The summed E-state index contributed by atoms with van der Waals surface area (Å²) in [4.78, 5) is 0. The fourth-order valence-electron chi connectivity index (χ4n) is 2.49. The Hall–Kier alpha value is -0.835. The first-order chi connectivity index (χ1) is 9.14. The third-order valence-corrected chi connectivity index (χ3v) is 4.45. The van der Waals surface area contributed by atoms with Crippen LogP contribution in [0.3, 0.4) is 0 Å². The van der Waals surface area contributed by atoms with Crippen molar-refractivity contribution in [1.82, 2.24) is 0 Å². The maximum Gasteiger partial charge on any atom is 0.495 e. The first-order valence-corrected chi connectivity index (χ1v) is 7.26. The second-order valence-corrected chi connectivity index (χ2v) is 6.78. The van der Waals surface area contributed by atoms with Gasteiger partial charge in [-0.25, -0.2) is 0 Å². The number of benzene rings is 1. The molecule has 0 radical (unpaired) electrons. The summed E-state index contributed by atoms with van der Waals surface area (Å²) in [5, 5.41) is 9.72. The third-order valence-electron chi connectivity index (χ3n) is 4.45. The van der Waals surface area contributed by atoms with Crippen LogP contribution in [0.2, 0.25) is 0 Å².